The summed E-state index contributed by atoms with van der Waals surface area (Å²) in [5.74, 6) is 2.29. The molecule has 2 aromatic rings. The average molecular weight is 278 g/mol. The van der Waals surface area contributed by atoms with Gasteiger partial charge in [-0.3, -0.25) is 0 Å². The number of carbonyl (C=O) groups is 1. The highest BCUT2D eigenvalue weighted by molar-refractivity contribution is 7.99. The number of aromatic amines is 1. The van der Waals surface area contributed by atoms with E-state index >= 15 is 0 Å². The first kappa shape index (κ1) is 13.9. The van der Waals surface area contributed by atoms with Crippen LogP contribution in [0.1, 0.15) is 24.2 Å². The predicted octanol–water partition coefficient (Wildman–Crippen LogP) is 3.11. The number of hydrogen-bond donors (Lipinski definition) is 1. The van der Waals surface area contributed by atoms with Crippen LogP contribution >= 0.6 is 11.8 Å². The normalized spacial score (nSPS) is 11.1. The fraction of sp³-hybridized carbons (Fsp3) is 0.429. The highest BCUT2D eigenvalue weighted by atomic mass is 32.2. The van der Waals surface area contributed by atoms with Crippen molar-refractivity contribution in [2.45, 2.75) is 13.8 Å². The lowest BCUT2D eigenvalue weighted by Crippen LogP contribution is -2.08. The van der Waals surface area contributed by atoms with Crippen molar-refractivity contribution in [1.82, 2.24) is 9.97 Å². The molecule has 0 fully saturated rings. The van der Waals surface area contributed by atoms with E-state index in [9.17, 15) is 4.79 Å². The summed E-state index contributed by atoms with van der Waals surface area (Å²) in [5.41, 5.74) is 1.28. The fourth-order valence-electron chi connectivity index (χ4n) is 1.65. The second kappa shape index (κ2) is 6.61. The molecular formula is C14H18N2O2S. The van der Waals surface area contributed by atoms with E-state index < -0.39 is 0 Å². The Morgan fingerprint density at radius 1 is 1.53 bits per heavy atom. The van der Waals surface area contributed by atoms with Crippen LogP contribution < -0.4 is 0 Å². The van der Waals surface area contributed by atoms with Crippen LogP contribution in [0.4, 0.5) is 0 Å². The van der Waals surface area contributed by atoms with Gasteiger partial charge in [-0.1, -0.05) is 13.8 Å². The van der Waals surface area contributed by atoms with Gasteiger partial charge in [0, 0.05) is 23.5 Å². The number of ether oxygens (including phenoxy) is 1. The van der Waals surface area contributed by atoms with Crippen molar-refractivity contribution in [2.75, 3.05) is 18.1 Å². The zero-order valence-electron chi connectivity index (χ0n) is 11.2. The Labute approximate surface area is 116 Å². The van der Waals surface area contributed by atoms with Crippen molar-refractivity contribution < 1.29 is 9.53 Å². The average Bonchev–Trinajstić information content (AvgIpc) is 2.84. The maximum atomic E-state index is 11.8. The van der Waals surface area contributed by atoms with Crippen LogP contribution in [0.3, 0.4) is 0 Å². The topological polar surface area (TPSA) is 55.0 Å². The largest absolute Gasteiger partial charge is 0.461 e. The van der Waals surface area contributed by atoms with Gasteiger partial charge in [-0.15, -0.1) is 0 Å². The molecule has 0 aromatic carbocycles. The summed E-state index contributed by atoms with van der Waals surface area (Å²) in [7, 11) is 0. The number of thioether (sulfide) groups is 1. The second-order valence-electron chi connectivity index (χ2n) is 4.74. The Bertz CT molecular complexity index is 551. The van der Waals surface area contributed by atoms with Gasteiger partial charge < -0.3 is 9.72 Å². The summed E-state index contributed by atoms with van der Waals surface area (Å²) in [6.45, 7) is 4.80. The molecule has 2 heterocycles. The number of aromatic nitrogens is 2. The number of carbonyl (C=O) groups excluding carboxylic acids is 1. The quantitative estimate of drug-likeness (QED) is 0.651. The second-order valence-corrected chi connectivity index (χ2v) is 5.89. The Morgan fingerprint density at radius 3 is 3.16 bits per heavy atom. The molecule has 5 heteroatoms. The minimum atomic E-state index is -0.305. The van der Waals surface area contributed by atoms with Gasteiger partial charge in [-0.25, -0.2) is 9.78 Å². The maximum absolute atomic E-state index is 11.8. The minimum Gasteiger partial charge on any atom is -0.461 e. The number of nitrogens with one attached hydrogen (secondary N) is 1. The van der Waals surface area contributed by atoms with Gasteiger partial charge in [0.1, 0.15) is 12.3 Å². The van der Waals surface area contributed by atoms with Gasteiger partial charge >= 0.3 is 5.97 Å². The van der Waals surface area contributed by atoms with E-state index in [1.54, 1.807) is 30.2 Å². The van der Waals surface area contributed by atoms with Gasteiger partial charge in [-0.05, 0) is 23.8 Å². The van der Waals surface area contributed by atoms with Crippen molar-refractivity contribution in [3.8, 4) is 0 Å². The smallest absolute Gasteiger partial charge is 0.339 e. The summed E-state index contributed by atoms with van der Waals surface area (Å²) < 4.78 is 5.23. The molecule has 0 aliphatic heterocycles. The van der Waals surface area contributed by atoms with Crippen LogP contribution in [0, 0.1) is 5.92 Å². The highest BCUT2D eigenvalue weighted by Crippen LogP contribution is 2.12. The molecule has 0 aliphatic carbocycles. The first-order valence-corrected chi connectivity index (χ1v) is 7.50. The third kappa shape index (κ3) is 3.99. The number of fused-ring (bicyclic) bond motifs is 1. The molecule has 0 spiro atoms. The van der Waals surface area contributed by atoms with Gasteiger partial charge in [0.2, 0.25) is 0 Å². The lowest BCUT2D eigenvalue weighted by Gasteiger charge is -2.06. The van der Waals surface area contributed by atoms with Crippen LogP contribution in [0.15, 0.2) is 24.5 Å². The Kier molecular flexibility index (Phi) is 4.85. The predicted molar refractivity (Wildman–Crippen MR) is 78.5 cm³/mol. The summed E-state index contributed by atoms with van der Waals surface area (Å²) in [6, 6.07) is 3.68. The van der Waals surface area contributed by atoms with Crippen LogP contribution in [0.2, 0.25) is 0 Å². The molecule has 2 aromatic heterocycles. The number of nitrogens with zero attached hydrogens (tertiary/aromatic N) is 1. The molecule has 1 N–H and O–H groups in total. The van der Waals surface area contributed by atoms with Gasteiger partial charge in [-0.2, -0.15) is 11.8 Å². The molecule has 4 nitrogen and oxygen atoms in total. The van der Waals surface area contributed by atoms with Crippen molar-refractivity contribution >= 4 is 28.8 Å². The van der Waals surface area contributed by atoms with E-state index in [1.165, 1.54) is 0 Å². The molecule has 0 amide bonds. The third-order valence-electron chi connectivity index (χ3n) is 2.55. The zero-order chi connectivity index (χ0) is 13.7. The van der Waals surface area contributed by atoms with Gasteiger partial charge in [0.25, 0.3) is 0 Å². The molecule has 19 heavy (non-hydrogen) atoms. The third-order valence-corrected chi connectivity index (χ3v) is 3.91. The Morgan fingerprint density at radius 2 is 2.37 bits per heavy atom. The molecule has 0 aliphatic rings. The summed E-state index contributed by atoms with van der Waals surface area (Å²) in [6.07, 6.45) is 3.35. The molecule has 0 saturated heterocycles. The van der Waals surface area contributed by atoms with E-state index in [4.69, 9.17) is 4.74 Å². The number of rotatable bonds is 6. The van der Waals surface area contributed by atoms with Crippen molar-refractivity contribution in [2.24, 2.45) is 5.92 Å². The van der Waals surface area contributed by atoms with E-state index in [-0.39, 0.29) is 5.97 Å². The summed E-state index contributed by atoms with van der Waals surface area (Å²) in [5, 5.41) is 0.920. The van der Waals surface area contributed by atoms with Crippen LogP contribution in [0.25, 0.3) is 11.0 Å². The molecule has 2 rings (SSSR count). The van der Waals surface area contributed by atoms with E-state index in [0.717, 1.165) is 22.5 Å². The zero-order valence-corrected chi connectivity index (χ0v) is 12.0. The first-order valence-electron chi connectivity index (χ1n) is 6.35. The highest BCUT2D eigenvalue weighted by Gasteiger charge is 2.09. The van der Waals surface area contributed by atoms with E-state index in [1.807, 2.05) is 6.07 Å². The van der Waals surface area contributed by atoms with Crippen LogP contribution in [-0.2, 0) is 4.74 Å². The molecule has 0 saturated carbocycles. The lowest BCUT2D eigenvalue weighted by molar-refractivity contribution is 0.0530. The molecular weight excluding hydrogens is 260 g/mol. The lowest BCUT2D eigenvalue weighted by atomic mass is 10.2. The maximum Gasteiger partial charge on any atom is 0.339 e. The van der Waals surface area contributed by atoms with Crippen LogP contribution in [-0.4, -0.2) is 34.0 Å². The summed E-state index contributed by atoms with van der Waals surface area (Å²) in [4.78, 5) is 19.0. The molecule has 102 valence electrons. The monoisotopic (exact) mass is 278 g/mol. The fourth-order valence-corrected chi connectivity index (χ4v) is 2.49. The number of pyridine rings is 1. The number of hydrogen-bond acceptors (Lipinski definition) is 4. The molecule has 0 radical (unpaired) electrons. The Balaban J connectivity index is 1.82. The Hall–Kier alpha value is -1.49. The standard InChI is InChI=1S/C14H18N2O2S/c1-10(2)9-19-6-5-18-14(17)12-7-11-3-4-15-13(11)16-8-12/h3-4,7-8,10H,5-6,9H2,1-2H3,(H,15,16). The van der Waals surface area contributed by atoms with Crippen molar-refractivity contribution in [3.63, 3.8) is 0 Å². The SMILES string of the molecule is CC(C)CSCCOC(=O)c1cnc2[nH]ccc2c1. The van der Waals surface area contributed by atoms with Crippen molar-refractivity contribution in [1.29, 1.82) is 0 Å². The van der Waals surface area contributed by atoms with Gasteiger partial charge in [0.05, 0.1) is 5.56 Å². The summed E-state index contributed by atoms with van der Waals surface area (Å²) >= 11 is 1.80. The van der Waals surface area contributed by atoms with Crippen molar-refractivity contribution in [3.05, 3.63) is 30.1 Å². The molecule has 0 atom stereocenters. The van der Waals surface area contributed by atoms with E-state index in [0.29, 0.717) is 18.1 Å². The molecule has 0 unspecified atom stereocenters. The first-order chi connectivity index (χ1) is 9.16. The minimum absolute atomic E-state index is 0.305. The van der Waals surface area contributed by atoms with Gasteiger partial charge in [0.15, 0.2) is 0 Å². The molecule has 0 bridgehead atoms. The van der Waals surface area contributed by atoms with Crippen LogP contribution in [0.5, 0.6) is 0 Å². The number of esters is 1. The van der Waals surface area contributed by atoms with E-state index in [2.05, 4.69) is 23.8 Å². The number of H-pyrrole nitrogens is 1.